The highest BCUT2D eigenvalue weighted by Crippen LogP contribution is 2.22. The Morgan fingerprint density at radius 3 is 1.62 bits per heavy atom. The second-order valence-electron chi connectivity index (χ2n) is 11.1. The maximum atomic E-state index is 4.19. The lowest BCUT2D eigenvalue weighted by Crippen LogP contribution is -2.14. The lowest BCUT2D eigenvalue weighted by molar-refractivity contribution is 0.480. The molecule has 0 aliphatic carbocycles. The minimum absolute atomic E-state index is 0. The topological polar surface area (TPSA) is 3.24 Å². The van der Waals surface area contributed by atoms with Gasteiger partial charge in [0.25, 0.3) is 0 Å². The van der Waals surface area contributed by atoms with Gasteiger partial charge in [0.1, 0.15) is 0 Å². The Morgan fingerprint density at radius 1 is 0.750 bits per heavy atom. The van der Waals surface area contributed by atoms with Crippen LogP contribution in [0.3, 0.4) is 0 Å². The van der Waals surface area contributed by atoms with Crippen LogP contribution in [0.1, 0.15) is 105 Å². The molecule has 0 atom stereocenters. The van der Waals surface area contributed by atoms with Crippen LogP contribution in [-0.2, 0) is 0 Å². The van der Waals surface area contributed by atoms with E-state index >= 15 is 0 Å². The van der Waals surface area contributed by atoms with Crippen molar-refractivity contribution in [2.75, 3.05) is 7.05 Å². The van der Waals surface area contributed by atoms with Crippen molar-refractivity contribution >= 4 is 5.57 Å². The molecule has 48 heavy (non-hydrogen) atoms. The van der Waals surface area contributed by atoms with Gasteiger partial charge in [-0.05, 0) is 80.0 Å². The first-order chi connectivity index (χ1) is 22.5. The summed E-state index contributed by atoms with van der Waals surface area (Å²) in [6.45, 7) is 29.4. The predicted octanol–water partition coefficient (Wildman–Crippen LogP) is 14.4. The van der Waals surface area contributed by atoms with Crippen LogP contribution in [-0.4, -0.2) is 11.9 Å². The number of allylic oxidation sites excluding steroid dienone is 6. The maximum Gasteiger partial charge on any atom is 0.0171 e. The molecule has 0 saturated heterocycles. The Bertz CT molecular complexity index is 1320. The van der Waals surface area contributed by atoms with Crippen LogP contribution >= 0.6 is 0 Å². The molecule has 0 amide bonds. The third kappa shape index (κ3) is 21.4. The lowest BCUT2D eigenvalue weighted by atomic mass is 10.0. The van der Waals surface area contributed by atoms with Crippen molar-refractivity contribution in [3.8, 4) is 36.8 Å². The molecule has 0 aromatic heterocycles. The summed E-state index contributed by atoms with van der Waals surface area (Å²) in [5, 5.41) is 0. The predicted molar refractivity (Wildman–Crippen MR) is 224 cm³/mol. The van der Waals surface area contributed by atoms with Crippen LogP contribution in [0.2, 0.25) is 0 Å². The third-order valence-corrected chi connectivity index (χ3v) is 7.50. The normalized spacial score (nSPS) is 9.96. The number of terminal acetylenes is 2. The molecule has 0 fully saturated rings. The molecule has 3 aromatic rings. The van der Waals surface area contributed by atoms with Gasteiger partial charge in [0.05, 0.1) is 0 Å². The first-order valence-corrected chi connectivity index (χ1v) is 16.8. The zero-order valence-electron chi connectivity index (χ0n) is 31.7. The van der Waals surface area contributed by atoms with Crippen molar-refractivity contribution in [2.45, 2.75) is 102 Å². The Labute approximate surface area is 299 Å². The molecule has 0 spiro atoms. The van der Waals surface area contributed by atoms with Crippen molar-refractivity contribution < 1.29 is 0 Å². The molecule has 0 aliphatic rings. The van der Waals surface area contributed by atoms with E-state index in [0.29, 0.717) is 0 Å². The number of nitrogens with zero attached hydrogens (tertiary/aromatic N) is 1. The van der Waals surface area contributed by atoms with E-state index in [-0.39, 0.29) is 7.43 Å². The zero-order valence-corrected chi connectivity index (χ0v) is 31.7. The molecule has 3 aromatic carbocycles. The molecule has 262 valence electrons. The number of rotatable bonds is 10. The Balaban J connectivity index is -0.000000298. The van der Waals surface area contributed by atoms with E-state index < -0.39 is 0 Å². The van der Waals surface area contributed by atoms with Crippen LogP contribution in [0, 0.1) is 45.5 Å². The molecular weight excluding hydrogens is 579 g/mol. The van der Waals surface area contributed by atoms with Crippen LogP contribution in [0.25, 0.3) is 16.7 Å². The van der Waals surface area contributed by atoms with Gasteiger partial charge in [-0.15, -0.1) is 25.7 Å². The van der Waals surface area contributed by atoms with Gasteiger partial charge in [0.15, 0.2) is 0 Å². The maximum absolute atomic E-state index is 4.19. The van der Waals surface area contributed by atoms with E-state index in [1.54, 1.807) is 0 Å². The van der Waals surface area contributed by atoms with Crippen molar-refractivity contribution in [3.63, 3.8) is 0 Å². The van der Waals surface area contributed by atoms with Gasteiger partial charge in [-0.25, -0.2) is 0 Å². The monoisotopic (exact) mass is 648 g/mol. The third-order valence-electron chi connectivity index (χ3n) is 7.50. The highest BCUT2D eigenvalue weighted by atomic mass is 15.1. The molecular formula is C47H69N. The summed E-state index contributed by atoms with van der Waals surface area (Å²) in [4.78, 5) is 2.17. The Kier molecular flexibility index (Phi) is 34.1. The fourth-order valence-electron chi connectivity index (χ4n) is 4.54. The SMILES string of the molecule is C.C#C.C#C.C=C/C(C)=C(/C)N(C)/C(C)=C\C(=C)c1ccccc1C.CC.CCCC(C)CCC.Cc1ccc(-c2ccccc2)cc1. The molecule has 0 saturated carbocycles. The van der Waals surface area contributed by atoms with E-state index in [4.69, 9.17) is 0 Å². The Hall–Kier alpha value is -4.46. The number of benzene rings is 3. The van der Waals surface area contributed by atoms with E-state index in [1.807, 2.05) is 32.1 Å². The van der Waals surface area contributed by atoms with Gasteiger partial charge in [-0.3, -0.25) is 0 Å². The lowest BCUT2D eigenvalue weighted by Gasteiger charge is -2.23. The first-order valence-electron chi connectivity index (χ1n) is 16.8. The van der Waals surface area contributed by atoms with Crippen LogP contribution in [0.5, 0.6) is 0 Å². The molecule has 0 radical (unpaired) electrons. The molecule has 0 heterocycles. The largest absolute Gasteiger partial charge is 0.352 e. The molecule has 1 nitrogen and oxygen atoms in total. The summed E-state index contributed by atoms with van der Waals surface area (Å²) in [7, 11) is 2.07. The summed E-state index contributed by atoms with van der Waals surface area (Å²) < 4.78 is 0. The van der Waals surface area contributed by atoms with E-state index in [2.05, 4.69) is 179 Å². The smallest absolute Gasteiger partial charge is 0.0171 e. The van der Waals surface area contributed by atoms with Gasteiger partial charge in [0.2, 0.25) is 0 Å². The summed E-state index contributed by atoms with van der Waals surface area (Å²) >= 11 is 0. The molecule has 0 unspecified atom stereocenters. The van der Waals surface area contributed by atoms with E-state index in [1.165, 1.54) is 64.8 Å². The van der Waals surface area contributed by atoms with Crippen molar-refractivity contribution in [1.29, 1.82) is 0 Å². The molecule has 0 bridgehead atoms. The van der Waals surface area contributed by atoms with Crippen LogP contribution in [0.4, 0.5) is 0 Å². The number of hydrogen-bond acceptors (Lipinski definition) is 1. The van der Waals surface area contributed by atoms with Crippen molar-refractivity contribution in [3.05, 3.63) is 138 Å². The van der Waals surface area contributed by atoms with Gasteiger partial charge in [-0.1, -0.05) is 171 Å². The summed E-state index contributed by atoms with van der Waals surface area (Å²) in [6, 6.07) is 27.3. The average molecular weight is 648 g/mol. The minimum atomic E-state index is 0. The van der Waals surface area contributed by atoms with Gasteiger partial charge in [-0.2, -0.15) is 0 Å². The first kappa shape index (κ1) is 50.4. The van der Waals surface area contributed by atoms with Gasteiger partial charge < -0.3 is 4.90 Å². The summed E-state index contributed by atoms with van der Waals surface area (Å²) in [6.07, 6.45) is 25.5. The van der Waals surface area contributed by atoms with E-state index in [9.17, 15) is 0 Å². The summed E-state index contributed by atoms with van der Waals surface area (Å²) in [5.74, 6) is 0.963. The standard InChI is InChI=1S/C19H25N.C13H12.C8H18.C2H6.2C2H2.CH4/c1-8-14(2)18(6)20(7)17(5)13-16(4)19-12-10-9-11-15(19)3;1-11-7-9-13(10-8-11)12-5-3-2-4-6-12;1-4-6-8(3)7-5-2;3*1-2;/h8-13H,1,4H2,2-3,5-7H3;2-10H,1H3;8H,4-7H2,1-3H3;1-2H3;2*1-2H;1H4/b17-13-,18-14-;;;;;;. The second kappa shape index (κ2) is 32.5. The number of aryl methyl sites for hydroxylation is 2. The quantitative estimate of drug-likeness (QED) is 0.156. The summed E-state index contributed by atoms with van der Waals surface area (Å²) in [5.41, 5.74) is 10.9. The van der Waals surface area contributed by atoms with Gasteiger partial charge in [0, 0.05) is 18.4 Å². The molecule has 0 N–H and O–H groups in total. The highest BCUT2D eigenvalue weighted by Gasteiger charge is 2.06. The van der Waals surface area contributed by atoms with Crippen molar-refractivity contribution in [1.82, 2.24) is 4.90 Å². The van der Waals surface area contributed by atoms with Crippen LogP contribution < -0.4 is 0 Å². The zero-order chi connectivity index (χ0) is 36.8. The number of hydrogen-bond donors (Lipinski definition) is 0. The van der Waals surface area contributed by atoms with E-state index in [0.717, 1.165) is 17.2 Å². The average Bonchev–Trinajstić information content (AvgIpc) is 3.11. The molecule has 1 heteroatoms. The van der Waals surface area contributed by atoms with Crippen molar-refractivity contribution in [2.24, 2.45) is 5.92 Å². The molecule has 3 rings (SSSR count). The Morgan fingerprint density at radius 2 is 1.19 bits per heavy atom. The fraction of sp³-hybridized carbons (Fsp3) is 0.362. The minimum Gasteiger partial charge on any atom is -0.352 e. The highest BCUT2D eigenvalue weighted by molar-refractivity contribution is 5.74. The van der Waals surface area contributed by atoms with Gasteiger partial charge >= 0.3 is 0 Å². The van der Waals surface area contributed by atoms with Crippen LogP contribution in [0.15, 0.2) is 121 Å². The molecule has 0 aliphatic heterocycles. The fourth-order valence-corrected chi connectivity index (χ4v) is 4.54. The second-order valence-corrected chi connectivity index (χ2v) is 11.1.